The monoisotopic (exact) mass is 181 g/mol. The van der Waals surface area contributed by atoms with E-state index in [0.717, 1.165) is 0 Å². The van der Waals surface area contributed by atoms with Gasteiger partial charge in [-0.25, -0.2) is 4.79 Å². The molecule has 0 aliphatic carbocycles. The van der Waals surface area contributed by atoms with E-state index in [1.54, 1.807) is 0 Å². The number of hydrogen-bond acceptors (Lipinski definition) is 1. The summed E-state index contributed by atoms with van der Waals surface area (Å²) >= 11 is 0. The van der Waals surface area contributed by atoms with E-state index in [9.17, 15) is 0 Å². The number of hydrogen-bond donors (Lipinski definition) is 2. The third kappa shape index (κ3) is 91.1. The molecule has 6 heavy (non-hydrogen) atoms. The molecule has 1 radical (unpaired) electrons. The van der Waals surface area contributed by atoms with Gasteiger partial charge < -0.3 is 10.2 Å². The minimum atomic E-state index is -1.83. The summed E-state index contributed by atoms with van der Waals surface area (Å²) in [5.74, 6) is 0. The summed E-state index contributed by atoms with van der Waals surface area (Å²) in [6, 6.07) is 0. The van der Waals surface area contributed by atoms with Crippen LogP contribution in [0.5, 0.6) is 0 Å². The zero-order valence-electron chi connectivity index (χ0n) is 2.38. The van der Waals surface area contributed by atoms with E-state index < -0.39 is 6.16 Å². The molecule has 0 fully saturated rings. The summed E-state index contributed by atoms with van der Waals surface area (Å²) in [6.07, 6.45) is -1.83. The van der Waals surface area contributed by atoms with Crippen LogP contribution in [0.25, 0.3) is 0 Å². The van der Waals surface area contributed by atoms with Crippen LogP contribution in [0.1, 0.15) is 0 Å². The predicted molar refractivity (Wildman–Crippen MR) is 20.6 cm³/mol. The van der Waals surface area contributed by atoms with E-state index in [0.29, 0.717) is 0 Å². The maximum atomic E-state index is 8.56. The first kappa shape index (κ1) is 15.8. The molecule has 0 bridgehead atoms. The van der Waals surface area contributed by atoms with Gasteiger partial charge in [-0.15, -0.1) is 0 Å². The van der Waals surface area contributed by atoms with Crippen molar-refractivity contribution in [2.75, 3.05) is 0 Å². The maximum absolute atomic E-state index is 8.56. The molecular formula is CH5AlO3Y. The van der Waals surface area contributed by atoms with Crippen LogP contribution in [-0.4, -0.2) is 33.7 Å². The molecule has 3 nitrogen and oxygen atoms in total. The molecule has 0 atom stereocenters. The molecule has 33 valence electrons. The third-order valence-corrected chi connectivity index (χ3v) is 0. The molecule has 2 N–H and O–H groups in total. The van der Waals surface area contributed by atoms with Crippen molar-refractivity contribution in [3.63, 3.8) is 0 Å². The molecule has 0 saturated carbocycles. The Bertz CT molecular complexity index is 33.8. The number of carboxylic acid groups (broad SMARTS) is 2. The Morgan fingerprint density at radius 2 is 1.33 bits per heavy atom. The second kappa shape index (κ2) is 9.32. The maximum Gasteiger partial charge on any atom is 0.503 e. The van der Waals surface area contributed by atoms with Crippen molar-refractivity contribution in [1.82, 2.24) is 0 Å². The molecule has 0 aliphatic heterocycles. The molecule has 5 heteroatoms. The predicted octanol–water partition coefficient (Wildman–Crippen LogP) is -0.964. The first-order chi connectivity index (χ1) is 1.73. The van der Waals surface area contributed by atoms with E-state index in [4.69, 9.17) is 15.0 Å². The van der Waals surface area contributed by atoms with Crippen LogP contribution >= 0.6 is 0 Å². The van der Waals surface area contributed by atoms with Gasteiger partial charge in [0.1, 0.15) is 0 Å². The van der Waals surface area contributed by atoms with Crippen LogP contribution in [0.3, 0.4) is 0 Å². The molecule has 0 amide bonds. The van der Waals surface area contributed by atoms with Gasteiger partial charge in [0.15, 0.2) is 17.4 Å². The average molecular weight is 181 g/mol. The summed E-state index contributed by atoms with van der Waals surface area (Å²) < 4.78 is 0. The van der Waals surface area contributed by atoms with Crippen LogP contribution in [0.4, 0.5) is 4.79 Å². The molecule has 0 aromatic carbocycles. The Hall–Kier alpha value is 0.906. The first-order valence-electron chi connectivity index (χ1n) is 0.651. The van der Waals surface area contributed by atoms with Gasteiger partial charge in [-0.1, -0.05) is 0 Å². The molecule has 0 spiro atoms. The van der Waals surface area contributed by atoms with Crippen LogP contribution in [0.15, 0.2) is 0 Å². The Kier molecular flexibility index (Phi) is 24.5. The fraction of sp³-hybridized carbons (Fsp3) is 0. The van der Waals surface area contributed by atoms with E-state index >= 15 is 0 Å². The van der Waals surface area contributed by atoms with Gasteiger partial charge in [-0.05, 0) is 0 Å². The van der Waals surface area contributed by atoms with Gasteiger partial charge in [0.05, 0.1) is 0 Å². The molecule has 0 heterocycles. The fourth-order valence-electron chi connectivity index (χ4n) is 0. The van der Waals surface area contributed by atoms with Crippen LogP contribution < -0.4 is 0 Å². The Balaban J connectivity index is -0.0000000450. The SMILES string of the molecule is O=C(O)O.[AlH3].[Y]. The first-order valence-corrected chi connectivity index (χ1v) is 0.651. The van der Waals surface area contributed by atoms with Crippen molar-refractivity contribution in [3.05, 3.63) is 0 Å². The topological polar surface area (TPSA) is 57.5 Å². The van der Waals surface area contributed by atoms with Crippen molar-refractivity contribution >= 4 is 23.5 Å². The second-order valence-electron chi connectivity index (χ2n) is 0.283. The standard InChI is InChI=1S/CH2O3.Al.Y.3H/c2-1(3)4;;;;;/h(H2,2,3,4);;;;;. The van der Waals surface area contributed by atoms with E-state index in [-0.39, 0.29) is 50.1 Å². The van der Waals surface area contributed by atoms with Crippen LogP contribution in [0, 0.1) is 0 Å². The largest absolute Gasteiger partial charge is 0.503 e. The zero-order chi connectivity index (χ0) is 3.58. The summed E-state index contributed by atoms with van der Waals surface area (Å²) in [7, 11) is 0. The third-order valence-electron chi connectivity index (χ3n) is 0. The molecule has 0 unspecified atom stereocenters. The van der Waals surface area contributed by atoms with E-state index in [2.05, 4.69) is 0 Å². The van der Waals surface area contributed by atoms with Crippen molar-refractivity contribution in [1.29, 1.82) is 0 Å². The summed E-state index contributed by atoms with van der Waals surface area (Å²) in [5.41, 5.74) is 0. The van der Waals surface area contributed by atoms with Gasteiger partial charge >= 0.3 is 6.16 Å². The molecule has 0 aliphatic rings. The van der Waals surface area contributed by atoms with Gasteiger partial charge in [-0.2, -0.15) is 0 Å². The van der Waals surface area contributed by atoms with Crippen molar-refractivity contribution in [3.8, 4) is 0 Å². The van der Waals surface area contributed by atoms with Gasteiger partial charge in [-0.3, -0.25) is 0 Å². The minimum Gasteiger partial charge on any atom is -0.450 e. The zero-order valence-corrected chi connectivity index (χ0v) is 5.22. The van der Waals surface area contributed by atoms with E-state index in [1.165, 1.54) is 0 Å². The summed E-state index contributed by atoms with van der Waals surface area (Å²) in [4.78, 5) is 8.56. The number of carbonyl (C=O) groups is 1. The van der Waals surface area contributed by atoms with Crippen molar-refractivity contribution in [2.45, 2.75) is 0 Å². The van der Waals surface area contributed by atoms with Crippen molar-refractivity contribution in [2.24, 2.45) is 0 Å². The normalized spacial score (nSPS) is 4.00. The van der Waals surface area contributed by atoms with Crippen molar-refractivity contribution < 1.29 is 47.7 Å². The van der Waals surface area contributed by atoms with Gasteiger partial charge in [0, 0.05) is 32.7 Å². The Labute approximate surface area is 70.7 Å². The van der Waals surface area contributed by atoms with Gasteiger partial charge in [0.2, 0.25) is 0 Å². The Morgan fingerprint density at radius 1 is 1.33 bits per heavy atom. The summed E-state index contributed by atoms with van der Waals surface area (Å²) in [6.45, 7) is 0. The molecule has 0 aromatic heterocycles. The fourth-order valence-corrected chi connectivity index (χ4v) is 0. The van der Waals surface area contributed by atoms with E-state index in [1.807, 2.05) is 0 Å². The second-order valence-corrected chi connectivity index (χ2v) is 0.283. The molecular weight excluding hydrogens is 176 g/mol. The number of rotatable bonds is 0. The molecule has 0 saturated heterocycles. The average Bonchev–Trinajstić information content (AvgIpc) is 0.811. The van der Waals surface area contributed by atoms with Gasteiger partial charge in [0.25, 0.3) is 0 Å². The minimum absolute atomic E-state index is 0. The van der Waals surface area contributed by atoms with Crippen LogP contribution in [-0.2, 0) is 32.7 Å². The summed E-state index contributed by atoms with van der Waals surface area (Å²) in [5, 5.41) is 13.9. The molecule has 0 rings (SSSR count). The smallest absolute Gasteiger partial charge is 0.450 e. The Morgan fingerprint density at radius 3 is 1.33 bits per heavy atom. The quantitative estimate of drug-likeness (QED) is 0.473. The molecule has 0 aromatic rings. The van der Waals surface area contributed by atoms with Crippen LogP contribution in [0.2, 0.25) is 0 Å².